The molecule has 1 fully saturated rings. The molecule has 0 aliphatic carbocycles. The number of hydrogen-bond acceptors (Lipinski definition) is 4. The summed E-state index contributed by atoms with van der Waals surface area (Å²) in [4.78, 5) is 11.6. The Kier molecular flexibility index (Phi) is 11.7. The molecule has 0 aromatic heterocycles. The fraction of sp³-hybridized carbons (Fsp3) is 0.650. The van der Waals surface area contributed by atoms with Gasteiger partial charge in [-0.1, -0.05) is 18.2 Å². The first-order valence-corrected chi connectivity index (χ1v) is 9.77. The Balaban J connectivity index is 0.00000364. The summed E-state index contributed by atoms with van der Waals surface area (Å²) in [5.41, 5.74) is 1.29. The maximum absolute atomic E-state index is 4.36. The van der Waals surface area contributed by atoms with Crippen molar-refractivity contribution >= 4 is 35.6 Å². The molecule has 1 aliphatic heterocycles. The first-order chi connectivity index (χ1) is 12.6. The highest BCUT2D eigenvalue weighted by Gasteiger charge is 2.21. The molecule has 1 unspecified atom stereocenters. The van der Waals surface area contributed by atoms with Crippen LogP contribution in [-0.2, 0) is 0 Å². The van der Waals surface area contributed by atoms with Crippen LogP contribution in [0.2, 0.25) is 0 Å². The number of likely N-dealkylation sites (N-methyl/N-ethyl adjacent to an activating group) is 2. The summed E-state index contributed by atoms with van der Waals surface area (Å²) in [5.74, 6) is 0.898. The van der Waals surface area contributed by atoms with Gasteiger partial charge in [0.15, 0.2) is 5.96 Å². The number of para-hydroxylation sites is 1. The quantitative estimate of drug-likeness (QED) is 0.254. The largest absolute Gasteiger partial charge is 0.372 e. The fourth-order valence-corrected chi connectivity index (χ4v) is 3.34. The highest BCUT2D eigenvalue weighted by Crippen LogP contribution is 2.12. The number of anilines is 1. The summed E-state index contributed by atoms with van der Waals surface area (Å²) in [6.45, 7) is 9.49. The molecule has 6 nitrogen and oxygen atoms in total. The van der Waals surface area contributed by atoms with Gasteiger partial charge in [-0.15, -0.1) is 24.0 Å². The lowest BCUT2D eigenvalue weighted by molar-refractivity contribution is 0.116. The smallest absolute Gasteiger partial charge is 0.191 e. The van der Waals surface area contributed by atoms with E-state index in [-0.39, 0.29) is 24.0 Å². The number of hydrogen-bond donors (Lipinski definition) is 2. The van der Waals surface area contributed by atoms with Crippen molar-refractivity contribution in [2.45, 2.75) is 19.4 Å². The third-order valence-electron chi connectivity index (χ3n) is 5.11. The minimum atomic E-state index is 0. The third kappa shape index (κ3) is 8.23. The second kappa shape index (κ2) is 13.2. The summed E-state index contributed by atoms with van der Waals surface area (Å²) in [6.07, 6.45) is 1.08. The predicted octanol–water partition coefficient (Wildman–Crippen LogP) is 1.93. The van der Waals surface area contributed by atoms with E-state index >= 15 is 0 Å². The maximum Gasteiger partial charge on any atom is 0.191 e. The van der Waals surface area contributed by atoms with E-state index in [0.717, 1.165) is 58.2 Å². The summed E-state index contributed by atoms with van der Waals surface area (Å²) < 4.78 is 0. The molecule has 7 heteroatoms. The first-order valence-electron chi connectivity index (χ1n) is 9.77. The van der Waals surface area contributed by atoms with Crippen LogP contribution < -0.4 is 15.5 Å². The van der Waals surface area contributed by atoms with Gasteiger partial charge in [0, 0.05) is 64.6 Å². The fourth-order valence-electron chi connectivity index (χ4n) is 3.34. The van der Waals surface area contributed by atoms with Gasteiger partial charge in [-0.05, 0) is 39.6 Å². The monoisotopic (exact) mass is 488 g/mol. The highest BCUT2D eigenvalue weighted by molar-refractivity contribution is 14.0. The molecule has 0 bridgehead atoms. The van der Waals surface area contributed by atoms with Gasteiger partial charge in [-0.2, -0.15) is 0 Å². The van der Waals surface area contributed by atoms with Gasteiger partial charge in [0.2, 0.25) is 0 Å². The van der Waals surface area contributed by atoms with E-state index in [9.17, 15) is 0 Å². The first kappa shape index (κ1) is 24.0. The molecule has 0 saturated carbocycles. The number of benzene rings is 1. The molecule has 1 aliphatic rings. The van der Waals surface area contributed by atoms with Crippen LogP contribution in [-0.4, -0.2) is 88.8 Å². The minimum Gasteiger partial charge on any atom is -0.372 e. The molecule has 2 rings (SSSR count). The van der Waals surface area contributed by atoms with Crippen molar-refractivity contribution in [2.24, 2.45) is 4.99 Å². The molecule has 0 amide bonds. The SMILES string of the molecule is CCN(CCCNC(=NC)NCC1CN(C)CCN1C)c1ccccc1.I. The van der Waals surface area contributed by atoms with Crippen molar-refractivity contribution < 1.29 is 0 Å². The molecule has 1 saturated heterocycles. The third-order valence-corrected chi connectivity index (χ3v) is 5.11. The van der Waals surface area contributed by atoms with Crippen LogP contribution >= 0.6 is 24.0 Å². The van der Waals surface area contributed by atoms with Crippen molar-refractivity contribution in [3.8, 4) is 0 Å². The summed E-state index contributed by atoms with van der Waals surface area (Å²) >= 11 is 0. The molecule has 0 radical (unpaired) electrons. The molecule has 1 heterocycles. The van der Waals surface area contributed by atoms with Gasteiger partial charge in [0.05, 0.1) is 0 Å². The van der Waals surface area contributed by atoms with Crippen molar-refractivity contribution in [2.75, 3.05) is 71.9 Å². The molecular weight excluding hydrogens is 451 g/mol. The maximum atomic E-state index is 4.36. The van der Waals surface area contributed by atoms with Gasteiger partial charge >= 0.3 is 0 Å². The summed E-state index contributed by atoms with van der Waals surface area (Å²) in [5, 5.41) is 6.93. The van der Waals surface area contributed by atoms with Crippen LogP contribution in [0, 0.1) is 0 Å². The molecular formula is C20H37IN6. The molecule has 154 valence electrons. The van der Waals surface area contributed by atoms with Crippen molar-refractivity contribution in [3.63, 3.8) is 0 Å². The number of nitrogens with one attached hydrogen (secondary N) is 2. The Hall–Kier alpha value is -1.06. The van der Waals surface area contributed by atoms with E-state index in [1.54, 1.807) is 0 Å². The number of guanidine groups is 1. The van der Waals surface area contributed by atoms with Crippen LogP contribution in [0.1, 0.15) is 13.3 Å². The van der Waals surface area contributed by atoms with Gasteiger partial charge in [0.25, 0.3) is 0 Å². The molecule has 0 spiro atoms. The average molecular weight is 488 g/mol. The molecule has 1 atom stereocenters. The van der Waals surface area contributed by atoms with Crippen LogP contribution in [0.3, 0.4) is 0 Å². The van der Waals surface area contributed by atoms with Gasteiger partial charge in [-0.3, -0.25) is 9.89 Å². The Labute approximate surface area is 182 Å². The summed E-state index contributed by atoms with van der Waals surface area (Å²) in [6, 6.07) is 11.1. The van der Waals surface area contributed by atoms with Gasteiger partial charge in [0.1, 0.15) is 0 Å². The Morgan fingerprint density at radius 3 is 2.59 bits per heavy atom. The van der Waals surface area contributed by atoms with Crippen LogP contribution in [0.15, 0.2) is 35.3 Å². The Bertz CT molecular complexity index is 539. The van der Waals surface area contributed by atoms with Gasteiger partial charge in [-0.25, -0.2) is 0 Å². The average Bonchev–Trinajstić information content (AvgIpc) is 2.67. The lowest BCUT2D eigenvalue weighted by Crippen LogP contribution is -2.55. The Morgan fingerprint density at radius 1 is 1.19 bits per heavy atom. The normalized spacial score (nSPS) is 18.7. The lowest BCUT2D eigenvalue weighted by atomic mass is 10.2. The zero-order valence-corrected chi connectivity index (χ0v) is 19.6. The number of halogens is 1. The van der Waals surface area contributed by atoms with E-state index in [0.29, 0.717) is 6.04 Å². The number of piperazine rings is 1. The van der Waals surface area contributed by atoms with E-state index in [2.05, 4.69) is 81.7 Å². The molecule has 2 N–H and O–H groups in total. The lowest BCUT2D eigenvalue weighted by Gasteiger charge is -2.37. The van der Waals surface area contributed by atoms with Gasteiger partial charge < -0.3 is 20.4 Å². The Morgan fingerprint density at radius 2 is 1.93 bits per heavy atom. The van der Waals surface area contributed by atoms with E-state index in [1.165, 1.54) is 5.69 Å². The number of nitrogens with zero attached hydrogens (tertiary/aromatic N) is 4. The molecule has 1 aromatic carbocycles. The molecule has 27 heavy (non-hydrogen) atoms. The van der Waals surface area contributed by atoms with Crippen LogP contribution in [0.4, 0.5) is 5.69 Å². The van der Waals surface area contributed by atoms with E-state index < -0.39 is 0 Å². The van der Waals surface area contributed by atoms with Crippen LogP contribution in [0.25, 0.3) is 0 Å². The van der Waals surface area contributed by atoms with E-state index in [1.807, 2.05) is 7.05 Å². The molecule has 1 aromatic rings. The zero-order valence-electron chi connectivity index (χ0n) is 17.3. The number of rotatable bonds is 8. The van der Waals surface area contributed by atoms with Crippen molar-refractivity contribution in [3.05, 3.63) is 30.3 Å². The van der Waals surface area contributed by atoms with Crippen LogP contribution in [0.5, 0.6) is 0 Å². The second-order valence-electron chi connectivity index (χ2n) is 7.05. The zero-order chi connectivity index (χ0) is 18.8. The minimum absolute atomic E-state index is 0. The standard InChI is InChI=1S/C20H36N6.HI/c1-5-26(18-10-7-6-8-11-18)13-9-12-22-20(21-2)23-16-19-17-24(3)14-15-25(19)4;/h6-8,10-11,19H,5,9,12-17H2,1-4H3,(H2,21,22,23);1H. The topological polar surface area (TPSA) is 46.1 Å². The van der Waals surface area contributed by atoms with E-state index in [4.69, 9.17) is 0 Å². The van der Waals surface area contributed by atoms with Crippen molar-refractivity contribution in [1.82, 2.24) is 20.4 Å². The predicted molar refractivity (Wildman–Crippen MR) is 128 cm³/mol. The number of aliphatic imine (C=N–C) groups is 1. The summed E-state index contributed by atoms with van der Waals surface area (Å²) in [7, 11) is 6.24. The highest BCUT2D eigenvalue weighted by atomic mass is 127. The second-order valence-corrected chi connectivity index (χ2v) is 7.05. The van der Waals surface area contributed by atoms with Crippen molar-refractivity contribution in [1.29, 1.82) is 0 Å².